The molecule has 0 aliphatic rings. The zero-order valence-corrected chi connectivity index (χ0v) is 13.7. The standard InChI is InChI=1S/C17H22N2O3/c1-12-6-8-14(9-7-12)19-15(10-13(18-19)11-21-5)22-16(20)17(2,3)4/h6-10H,11H2,1-5H3. The summed E-state index contributed by atoms with van der Waals surface area (Å²) in [7, 11) is 1.60. The molecule has 1 aromatic carbocycles. The van der Waals surface area contributed by atoms with Crippen LogP contribution in [0.1, 0.15) is 32.0 Å². The van der Waals surface area contributed by atoms with Crippen LogP contribution in [-0.2, 0) is 16.1 Å². The van der Waals surface area contributed by atoms with Crippen molar-refractivity contribution in [1.82, 2.24) is 9.78 Å². The SMILES string of the molecule is COCc1cc(OC(=O)C(C)(C)C)n(-c2ccc(C)cc2)n1. The van der Waals surface area contributed by atoms with Crippen molar-refractivity contribution in [2.45, 2.75) is 34.3 Å². The van der Waals surface area contributed by atoms with E-state index < -0.39 is 5.41 Å². The van der Waals surface area contributed by atoms with Gasteiger partial charge >= 0.3 is 5.97 Å². The van der Waals surface area contributed by atoms with Crippen molar-refractivity contribution in [3.05, 3.63) is 41.6 Å². The van der Waals surface area contributed by atoms with Crippen LogP contribution in [0.2, 0.25) is 0 Å². The normalized spacial score (nSPS) is 11.5. The molecule has 5 heteroatoms. The fourth-order valence-electron chi connectivity index (χ4n) is 1.82. The summed E-state index contributed by atoms with van der Waals surface area (Å²) in [5.74, 6) is 0.0977. The van der Waals surface area contributed by atoms with Gasteiger partial charge in [-0.1, -0.05) is 17.7 Å². The highest BCUT2D eigenvalue weighted by molar-refractivity contribution is 5.77. The van der Waals surface area contributed by atoms with Crippen LogP contribution >= 0.6 is 0 Å². The molecule has 0 aliphatic heterocycles. The van der Waals surface area contributed by atoms with Crippen molar-refractivity contribution in [3.63, 3.8) is 0 Å². The highest BCUT2D eigenvalue weighted by atomic mass is 16.5. The second kappa shape index (κ2) is 6.32. The van der Waals surface area contributed by atoms with Crippen molar-refractivity contribution in [2.75, 3.05) is 7.11 Å². The van der Waals surface area contributed by atoms with E-state index in [4.69, 9.17) is 9.47 Å². The molecule has 0 unspecified atom stereocenters. The van der Waals surface area contributed by atoms with E-state index in [-0.39, 0.29) is 5.97 Å². The van der Waals surface area contributed by atoms with Crippen molar-refractivity contribution in [1.29, 1.82) is 0 Å². The minimum Gasteiger partial charge on any atom is -0.407 e. The van der Waals surface area contributed by atoms with Gasteiger partial charge in [-0.2, -0.15) is 5.10 Å². The zero-order valence-electron chi connectivity index (χ0n) is 13.7. The maximum atomic E-state index is 12.1. The first-order valence-electron chi connectivity index (χ1n) is 7.18. The summed E-state index contributed by atoms with van der Waals surface area (Å²) in [4.78, 5) is 12.1. The predicted molar refractivity (Wildman–Crippen MR) is 84.1 cm³/mol. The van der Waals surface area contributed by atoms with Gasteiger partial charge in [0.25, 0.3) is 0 Å². The maximum absolute atomic E-state index is 12.1. The molecule has 0 fully saturated rings. The van der Waals surface area contributed by atoms with Gasteiger partial charge in [-0.25, -0.2) is 4.68 Å². The fraction of sp³-hybridized carbons (Fsp3) is 0.412. The lowest BCUT2D eigenvalue weighted by Crippen LogP contribution is -2.26. The molecule has 0 saturated heterocycles. The van der Waals surface area contributed by atoms with Gasteiger partial charge in [0.2, 0.25) is 5.88 Å². The molecule has 0 aliphatic carbocycles. The second-order valence-electron chi connectivity index (χ2n) is 6.29. The molecule has 0 atom stereocenters. The number of rotatable bonds is 4. The molecule has 1 heterocycles. The fourth-order valence-corrected chi connectivity index (χ4v) is 1.82. The Balaban J connectivity index is 2.39. The maximum Gasteiger partial charge on any atom is 0.317 e. The van der Waals surface area contributed by atoms with Gasteiger partial charge in [-0.05, 0) is 39.8 Å². The molecule has 118 valence electrons. The lowest BCUT2D eigenvalue weighted by atomic mass is 9.97. The predicted octanol–water partition coefficient (Wildman–Crippen LogP) is 3.28. The third-order valence-corrected chi connectivity index (χ3v) is 3.11. The number of nitrogens with zero attached hydrogens (tertiary/aromatic N) is 2. The average molecular weight is 302 g/mol. The highest BCUT2D eigenvalue weighted by Crippen LogP contribution is 2.24. The van der Waals surface area contributed by atoms with E-state index in [0.29, 0.717) is 18.2 Å². The Morgan fingerprint density at radius 1 is 1.23 bits per heavy atom. The Bertz CT molecular complexity index is 652. The van der Waals surface area contributed by atoms with Gasteiger partial charge in [-0.15, -0.1) is 0 Å². The summed E-state index contributed by atoms with van der Waals surface area (Å²) in [6.07, 6.45) is 0. The van der Waals surface area contributed by atoms with Crippen molar-refractivity contribution in [3.8, 4) is 11.6 Å². The first-order chi connectivity index (χ1) is 10.3. The van der Waals surface area contributed by atoms with Crippen molar-refractivity contribution >= 4 is 5.97 Å². The summed E-state index contributed by atoms with van der Waals surface area (Å²) in [5.41, 5.74) is 2.12. The minimum absolute atomic E-state index is 0.301. The number of methoxy groups -OCH3 is 1. The number of hydrogen-bond acceptors (Lipinski definition) is 4. The molecule has 2 aromatic rings. The molecular weight excluding hydrogens is 280 g/mol. The largest absolute Gasteiger partial charge is 0.407 e. The monoisotopic (exact) mass is 302 g/mol. The van der Waals surface area contributed by atoms with Crippen LogP contribution in [-0.4, -0.2) is 22.9 Å². The van der Waals surface area contributed by atoms with Crippen LogP contribution in [0, 0.1) is 12.3 Å². The molecule has 5 nitrogen and oxygen atoms in total. The van der Waals surface area contributed by atoms with Crippen LogP contribution < -0.4 is 4.74 Å². The van der Waals surface area contributed by atoms with Crippen LogP contribution in [0.3, 0.4) is 0 Å². The molecule has 0 saturated carbocycles. The van der Waals surface area contributed by atoms with Gasteiger partial charge in [0.15, 0.2) is 0 Å². The zero-order chi connectivity index (χ0) is 16.3. The van der Waals surface area contributed by atoms with E-state index in [2.05, 4.69) is 5.10 Å². The lowest BCUT2D eigenvalue weighted by Gasteiger charge is -2.16. The molecule has 0 spiro atoms. The van der Waals surface area contributed by atoms with Crippen molar-refractivity contribution < 1.29 is 14.3 Å². The second-order valence-corrected chi connectivity index (χ2v) is 6.29. The Morgan fingerprint density at radius 3 is 2.41 bits per heavy atom. The van der Waals surface area contributed by atoms with Crippen LogP contribution in [0.4, 0.5) is 0 Å². The number of ether oxygens (including phenoxy) is 2. The number of hydrogen-bond donors (Lipinski definition) is 0. The number of carbonyl (C=O) groups excluding carboxylic acids is 1. The summed E-state index contributed by atoms with van der Waals surface area (Å²) in [5, 5.41) is 4.45. The van der Waals surface area contributed by atoms with Crippen LogP contribution in [0.25, 0.3) is 5.69 Å². The van der Waals surface area contributed by atoms with Crippen LogP contribution in [0.5, 0.6) is 5.88 Å². The highest BCUT2D eigenvalue weighted by Gasteiger charge is 2.25. The molecule has 0 amide bonds. The first kappa shape index (κ1) is 16.2. The number of aromatic nitrogens is 2. The van der Waals surface area contributed by atoms with E-state index in [1.807, 2.05) is 52.0 Å². The molecule has 0 bridgehead atoms. The molecule has 0 N–H and O–H groups in total. The number of carbonyl (C=O) groups is 1. The van der Waals surface area contributed by atoms with Gasteiger partial charge in [-0.3, -0.25) is 4.79 Å². The van der Waals surface area contributed by atoms with Gasteiger partial charge in [0.1, 0.15) is 0 Å². The summed E-state index contributed by atoms with van der Waals surface area (Å²) >= 11 is 0. The van der Waals surface area contributed by atoms with E-state index in [1.54, 1.807) is 17.9 Å². The summed E-state index contributed by atoms with van der Waals surface area (Å²) in [6, 6.07) is 9.58. The number of esters is 1. The Labute approximate surface area is 130 Å². The van der Waals surface area contributed by atoms with E-state index in [9.17, 15) is 4.79 Å². The first-order valence-corrected chi connectivity index (χ1v) is 7.18. The van der Waals surface area contributed by atoms with E-state index in [1.165, 1.54) is 0 Å². The lowest BCUT2D eigenvalue weighted by molar-refractivity contribution is -0.143. The van der Waals surface area contributed by atoms with Gasteiger partial charge < -0.3 is 9.47 Å². The molecule has 0 radical (unpaired) electrons. The van der Waals surface area contributed by atoms with Gasteiger partial charge in [0.05, 0.1) is 23.4 Å². The third-order valence-electron chi connectivity index (χ3n) is 3.11. The molecule has 22 heavy (non-hydrogen) atoms. The Kier molecular flexibility index (Phi) is 4.66. The van der Waals surface area contributed by atoms with E-state index in [0.717, 1.165) is 11.3 Å². The topological polar surface area (TPSA) is 53.4 Å². The smallest absolute Gasteiger partial charge is 0.317 e. The summed E-state index contributed by atoms with van der Waals surface area (Å²) < 4.78 is 12.3. The molecule has 1 aromatic heterocycles. The summed E-state index contributed by atoms with van der Waals surface area (Å²) in [6.45, 7) is 7.83. The Morgan fingerprint density at radius 2 is 1.86 bits per heavy atom. The van der Waals surface area contributed by atoms with Gasteiger partial charge in [0, 0.05) is 13.2 Å². The third kappa shape index (κ3) is 3.74. The van der Waals surface area contributed by atoms with Crippen molar-refractivity contribution in [2.24, 2.45) is 5.41 Å². The number of aryl methyl sites for hydroxylation is 1. The van der Waals surface area contributed by atoms with Crippen LogP contribution in [0.15, 0.2) is 30.3 Å². The molecule has 2 rings (SSSR count). The molecular formula is C17H22N2O3. The quantitative estimate of drug-likeness (QED) is 0.813. The Hall–Kier alpha value is -2.14. The van der Waals surface area contributed by atoms with E-state index >= 15 is 0 Å². The number of benzene rings is 1. The average Bonchev–Trinajstić information content (AvgIpc) is 2.82. The minimum atomic E-state index is -0.580.